The quantitative estimate of drug-likeness (QED) is 0.195. The van der Waals surface area contributed by atoms with Crippen molar-refractivity contribution in [1.82, 2.24) is 24.5 Å². The van der Waals surface area contributed by atoms with E-state index in [0.29, 0.717) is 24.9 Å². The lowest BCUT2D eigenvalue weighted by molar-refractivity contribution is -0.141. The molecule has 1 fully saturated rings. The second-order valence-corrected chi connectivity index (χ2v) is 12.1. The molecule has 0 saturated carbocycles. The van der Waals surface area contributed by atoms with Gasteiger partial charge in [0.15, 0.2) is 5.69 Å². The summed E-state index contributed by atoms with van der Waals surface area (Å²) in [6.45, 7) is 5.60. The molecule has 14 nitrogen and oxygen atoms in total. The van der Waals surface area contributed by atoms with Crippen molar-refractivity contribution < 1.29 is 50.1 Å². The van der Waals surface area contributed by atoms with Crippen LogP contribution in [0.15, 0.2) is 64.1 Å². The SMILES string of the molecule is CCOC(=O)OC(C)On1on1N1CCCC(C(=O)NS(=O)(=O)c2ccc(-n3nc(C(F)(F)F)cc3-c3ccc(C)cc3)cc2)C1. The van der Waals surface area contributed by atoms with Gasteiger partial charge in [0, 0.05) is 24.0 Å². The number of nitrogens with zero attached hydrogens (tertiary/aromatic N) is 5. The van der Waals surface area contributed by atoms with E-state index in [0.717, 1.165) is 21.3 Å². The number of benzene rings is 2. The molecule has 1 saturated heterocycles. The van der Waals surface area contributed by atoms with Crippen molar-refractivity contribution in [3.05, 3.63) is 65.9 Å². The number of aryl methyl sites for hydroxylation is 1. The molecule has 0 aliphatic carbocycles. The molecule has 248 valence electrons. The number of aromatic nitrogens is 4. The molecule has 1 aliphatic rings. The van der Waals surface area contributed by atoms with Gasteiger partial charge in [-0.15, -0.1) is 0 Å². The number of amides is 1. The van der Waals surface area contributed by atoms with Crippen molar-refractivity contribution in [1.29, 1.82) is 0 Å². The fourth-order valence-corrected chi connectivity index (χ4v) is 5.75. The Morgan fingerprint density at radius 2 is 1.83 bits per heavy atom. The minimum atomic E-state index is -4.70. The van der Waals surface area contributed by atoms with Gasteiger partial charge in [-0.3, -0.25) is 9.80 Å². The first-order chi connectivity index (χ1) is 21.7. The molecule has 2 aromatic heterocycles. The van der Waals surface area contributed by atoms with Crippen LogP contribution in [0.1, 0.15) is 37.9 Å². The Hall–Kier alpha value is -4.87. The monoisotopic (exact) mass is 668 g/mol. The summed E-state index contributed by atoms with van der Waals surface area (Å²) in [5, 5.41) is 6.28. The fraction of sp³-hybridized carbons (Fsp3) is 0.393. The third-order valence-corrected chi connectivity index (χ3v) is 8.37. The average Bonchev–Trinajstić information content (AvgIpc) is 3.60. The lowest BCUT2D eigenvalue weighted by atomic mass is 9.99. The van der Waals surface area contributed by atoms with Crippen LogP contribution in [0.5, 0.6) is 0 Å². The third-order valence-electron chi connectivity index (χ3n) is 7.01. The summed E-state index contributed by atoms with van der Waals surface area (Å²) in [6, 6.07) is 12.8. The second kappa shape index (κ2) is 12.9. The molecule has 4 aromatic rings. The molecular formula is C28H31F3N6O8S. The molecule has 1 N–H and O–H groups in total. The standard InChI is InChI=1S/C28H31F3N6O8S/c1-4-42-27(39)43-19(3)44-37-36(45-37)34-15-5-6-21(17-34)26(38)33-46(40,41)23-13-11-22(12-14-23)35-24(16-25(32-35)28(29,30)31)20-9-7-18(2)8-10-20/h7-14,16,19,21H,4-6,15,17H2,1-3H3,(H,33,38). The summed E-state index contributed by atoms with van der Waals surface area (Å²) in [5.41, 5.74) is 0.659. The molecule has 0 radical (unpaired) electrons. The predicted molar refractivity (Wildman–Crippen MR) is 154 cm³/mol. The number of alkyl halides is 3. The predicted octanol–water partition coefficient (Wildman–Crippen LogP) is 3.86. The topological polar surface area (TPSA) is 152 Å². The van der Waals surface area contributed by atoms with Crippen LogP contribution in [-0.4, -0.2) is 66.2 Å². The first-order valence-corrected chi connectivity index (χ1v) is 15.7. The van der Waals surface area contributed by atoms with Crippen LogP contribution < -0.4 is 14.6 Å². The second-order valence-electron chi connectivity index (χ2n) is 10.5. The normalized spacial score (nSPS) is 16.2. The van der Waals surface area contributed by atoms with Crippen LogP contribution >= 0.6 is 0 Å². The largest absolute Gasteiger partial charge is 0.511 e. The van der Waals surface area contributed by atoms with Gasteiger partial charge < -0.3 is 14.3 Å². The van der Waals surface area contributed by atoms with Gasteiger partial charge in [0.1, 0.15) is 5.02 Å². The Labute approximate surface area is 261 Å². The molecule has 0 spiro atoms. The Bertz CT molecular complexity index is 1770. The summed E-state index contributed by atoms with van der Waals surface area (Å²) in [6.07, 6.45) is -5.73. The summed E-state index contributed by atoms with van der Waals surface area (Å²) < 4.78 is 84.7. The van der Waals surface area contributed by atoms with E-state index in [1.54, 1.807) is 36.2 Å². The molecule has 1 amide bonds. The van der Waals surface area contributed by atoms with Crippen molar-refractivity contribution in [3.63, 3.8) is 0 Å². The number of hydrogen-bond acceptors (Lipinski definition) is 10. The maximum absolute atomic E-state index is 13.5. The fourth-order valence-electron chi connectivity index (χ4n) is 4.71. The molecular weight excluding hydrogens is 637 g/mol. The highest BCUT2D eigenvalue weighted by Gasteiger charge is 2.36. The first-order valence-electron chi connectivity index (χ1n) is 14.2. The van der Waals surface area contributed by atoms with Gasteiger partial charge in [0.2, 0.25) is 5.91 Å². The number of piperidine rings is 1. The van der Waals surface area contributed by atoms with E-state index in [2.05, 4.69) is 14.6 Å². The minimum absolute atomic E-state index is 0.0931. The third kappa shape index (κ3) is 7.49. The van der Waals surface area contributed by atoms with Gasteiger partial charge in [-0.25, -0.2) is 22.6 Å². The number of ether oxygens (including phenoxy) is 2. The van der Waals surface area contributed by atoms with E-state index in [4.69, 9.17) is 14.2 Å². The molecule has 2 aromatic carbocycles. The summed E-state index contributed by atoms with van der Waals surface area (Å²) in [5.74, 6) is -1.48. The summed E-state index contributed by atoms with van der Waals surface area (Å²) in [4.78, 5) is 30.7. The van der Waals surface area contributed by atoms with E-state index < -0.39 is 46.2 Å². The van der Waals surface area contributed by atoms with Gasteiger partial charge in [-0.2, -0.15) is 22.9 Å². The van der Waals surface area contributed by atoms with Crippen molar-refractivity contribution in [2.24, 2.45) is 5.92 Å². The summed E-state index contributed by atoms with van der Waals surface area (Å²) in [7, 11) is -4.33. The van der Waals surface area contributed by atoms with Crippen LogP contribution in [0.4, 0.5) is 18.0 Å². The van der Waals surface area contributed by atoms with Crippen molar-refractivity contribution in [2.75, 3.05) is 24.7 Å². The zero-order valence-corrected chi connectivity index (χ0v) is 25.7. The number of carbonyl (C=O) groups is 2. The number of halogens is 3. The molecule has 3 heterocycles. The Balaban J connectivity index is 1.25. The number of nitrogens with one attached hydrogen (secondary N) is 1. The highest BCUT2D eigenvalue weighted by atomic mass is 32.2. The smallest absolute Gasteiger partial charge is 0.435 e. The first kappa shape index (κ1) is 32.5. The van der Waals surface area contributed by atoms with Crippen molar-refractivity contribution >= 4 is 22.1 Å². The number of hydrogen-bond donors (Lipinski definition) is 1. The molecule has 18 heteroatoms. The van der Waals surface area contributed by atoms with E-state index in [-0.39, 0.29) is 29.4 Å². The minimum Gasteiger partial charge on any atom is -0.435 e. The molecule has 5 rings (SSSR count). The van der Waals surface area contributed by atoms with Crippen LogP contribution in [0, 0.1) is 12.8 Å². The molecule has 46 heavy (non-hydrogen) atoms. The van der Waals surface area contributed by atoms with Crippen molar-refractivity contribution in [2.45, 2.75) is 51.0 Å². The van der Waals surface area contributed by atoms with Crippen molar-refractivity contribution in [3.8, 4) is 16.9 Å². The molecule has 2 unspecified atom stereocenters. The number of carbonyl (C=O) groups excluding carboxylic acids is 2. The van der Waals surface area contributed by atoms with Crippen LogP contribution in [0.3, 0.4) is 0 Å². The lowest BCUT2D eigenvalue weighted by Gasteiger charge is -2.28. The van der Waals surface area contributed by atoms with Crippen LogP contribution in [0.2, 0.25) is 0 Å². The van der Waals surface area contributed by atoms with Gasteiger partial charge in [0.05, 0.1) is 35.3 Å². The van der Waals surface area contributed by atoms with E-state index in [9.17, 15) is 31.2 Å². The highest BCUT2D eigenvalue weighted by molar-refractivity contribution is 7.90. The Morgan fingerprint density at radius 1 is 1.13 bits per heavy atom. The van der Waals surface area contributed by atoms with E-state index >= 15 is 0 Å². The zero-order chi connectivity index (χ0) is 33.2. The van der Waals surface area contributed by atoms with Crippen LogP contribution in [-0.2, 0) is 30.5 Å². The Kier molecular flexibility index (Phi) is 9.09. The number of rotatable bonds is 10. The van der Waals surface area contributed by atoms with E-state index in [1.165, 1.54) is 36.2 Å². The van der Waals surface area contributed by atoms with Gasteiger partial charge >= 0.3 is 12.3 Å². The summed E-state index contributed by atoms with van der Waals surface area (Å²) >= 11 is 0. The molecule has 1 aliphatic heterocycles. The average molecular weight is 669 g/mol. The van der Waals surface area contributed by atoms with Gasteiger partial charge in [0.25, 0.3) is 16.3 Å². The highest BCUT2D eigenvalue weighted by Crippen LogP contribution is 2.33. The number of sulfonamides is 1. The zero-order valence-electron chi connectivity index (χ0n) is 24.9. The maximum Gasteiger partial charge on any atom is 0.511 e. The molecule has 0 bridgehead atoms. The molecule has 2 atom stereocenters. The Morgan fingerprint density at radius 3 is 2.48 bits per heavy atom. The van der Waals surface area contributed by atoms with Crippen LogP contribution in [0.25, 0.3) is 16.9 Å². The maximum atomic E-state index is 13.5. The lowest BCUT2D eigenvalue weighted by Crippen LogP contribution is -2.48. The van der Waals surface area contributed by atoms with Gasteiger partial charge in [-0.05, 0) is 57.0 Å². The van der Waals surface area contributed by atoms with E-state index in [1.807, 2.05) is 6.92 Å². The van der Waals surface area contributed by atoms with Gasteiger partial charge in [-0.1, -0.05) is 29.8 Å².